The molecule has 1 heterocycles. The van der Waals surface area contributed by atoms with Crippen molar-refractivity contribution in [2.75, 3.05) is 6.54 Å². The zero-order valence-corrected chi connectivity index (χ0v) is 12.7. The van der Waals surface area contributed by atoms with Gasteiger partial charge in [0.15, 0.2) is 0 Å². The summed E-state index contributed by atoms with van der Waals surface area (Å²) in [5, 5.41) is 9.10. The number of carboxylic acid groups (broad SMARTS) is 1. The van der Waals surface area contributed by atoms with Crippen LogP contribution in [-0.4, -0.2) is 36.4 Å². The monoisotopic (exact) mass is 315 g/mol. The van der Waals surface area contributed by atoms with Crippen molar-refractivity contribution in [1.29, 1.82) is 0 Å². The van der Waals surface area contributed by atoms with E-state index in [1.54, 1.807) is 6.92 Å². The lowest BCUT2D eigenvalue weighted by Crippen LogP contribution is -2.47. The van der Waals surface area contributed by atoms with E-state index >= 15 is 0 Å². The molecular formula is C14H18FNO4S. The molecule has 0 radical (unpaired) electrons. The zero-order valence-electron chi connectivity index (χ0n) is 11.9. The van der Waals surface area contributed by atoms with Crippen LogP contribution in [0.3, 0.4) is 0 Å². The van der Waals surface area contributed by atoms with Gasteiger partial charge in [0.05, 0.1) is 10.8 Å². The molecule has 1 aliphatic heterocycles. The zero-order chi connectivity index (χ0) is 15.8. The standard InChI is InChI=1S/C14H18FNO4S/c1-9-6-7-11(14(17)18)8-16(9)21(19,20)13-5-3-4-12(15)10(13)2/h3-5,9,11H,6-8H2,1-2H3,(H,17,18). The summed E-state index contributed by atoms with van der Waals surface area (Å²) in [5.74, 6) is -2.31. The Balaban J connectivity index is 2.42. The number of sulfonamides is 1. The molecule has 1 aromatic carbocycles. The average Bonchev–Trinajstić information content (AvgIpc) is 2.41. The van der Waals surface area contributed by atoms with E-state index in [4.69, 9.17) is 5.11 Å². The van der Waals surface area contributed by atoms with Crippen LogP contribution in [0.2, 0.25) is 0 Å². The smallest absolute Gasteiger partial charge is 0.307 e. The number of piperidine rings is 1. The van der Waals surface area contributed by atoms with Crippen LogP contribution in [0.5, 0.6) is 0 Å². The van der Waals surface area contributed by atoms with Crippen LogP contribution < -0.4 is 0 Å². The van der Waals surface area contributed by atoms with Gasteiger partial charge in [-0.05, 0) is 38.8 Å². The van der Waals surface area contributed by atoms with Gasteiger partial charge in [0, 0.05) is 18.2 Å². The van der Waals surface area contributed by atoms with Crippen molar-refractivity contribution < 1.29 is 22.7 Å². The summed E-state index contributed by atoms with van der Waals surface area (Å²) in [6.45, 7) is 3.07. The first-order chi connectivity index (χ1) is 9.75. The lowest BCUT2D eigenvalue weighted by Gasteiger charge is -2.35. The van der Waals surface area contributed by atoms with Gasteiger partial charge in [-0.15, -0.1) is 0 Å². The van der Waals surface area contributed by atoms with E-state index in [9.17, 15) is 17.6 Å². The molecule has 1 aromatic rings. The minimum Gasteiger partial charge on any atom is -0.481 e. The normalized spacial score (nSPS) is 24.0. The summed E-state index contributed by atoms with van der Waals surface area (Å²) >= 11 is 0. The van der Waals surface area contributed by atoms with E-state index in [1.807, 2.05) is 0 Å². The molecule has 2 unspecified atom stereocenters. The minimum absolute atomic E-state index is 0.0575. The highest BCUT2D eigenvalue weighted by Gasteiger charge is 2.38. The van der Waals surface area contributed by atoms with Crippen molar-refractivity contribution >= 4 is 16.0 Å². The molecule has 0 bridgehead atoms. The predicted molar refractivity (Wildman–Crippen MR) is 74.9 cm³/mol. The Hall–Kier alpha value is -1.47. The topological polar surface area (TPSA) is 74.7 Å². The van der Waals surface area contributed by atoms with Crippen molar-refractivity contribution in [1.82, 2.24) is 4.31 Å². The Morgan fingerprint density at radius 1 is 1.38 bits per heavy atom. The van der Waals surface area contributed by atoms with Gasteiger partial charge in [-0.2, -0.15) is 4.31 Å². The van der Waals surface area contributed by atoms with Crippen molar-refractivity contribution in [3.63, 3.8) is 0 Å². The summed E-state index contributed by atoms with van der Waals surface area (Å²) in [7, 11) is -3.90. The maximum Gasteiger partial charge on any atom is 0.307 e. The summed E-state index contributed by atoms with van der Waals surface area (Å²) in [5.41, 5.74) is 0.0575. The van der Waals surface area contributed by atoms with Crippen LogP contribution in [-0.2, 0) is 14.8 Å². The molecule has 1 aliphatic rings. The number of halogens is 1. The van der Waals surface area contributed by atoms with Gasteiger partial charge in [-0.3, -0.25) is 4.79 Å². The molecule has 0 amide bonds. The molecule has 1 N–H and O–H groups in total. The van der Waals surface area contributed by atoms with Crippen LogP contribution in [0.4, 0.5) is 4.39 Å². The van der Waals surface area contributed by atoms with Gasteiger partial charge in [0.1, 0.15) is 5.82 Å². The Kier molecular flexibility index (Phi) is 4.34. The number of nitrogens with zero attached hydrogens (tertiary/aromatic N) is 1. The van der Waals surface area contributed by atoms with E-state index in [1.165, 1.54) is 29.4 Å². The predicted octanol–water partition coefficient (Wildman–Crippen LogP) is 2.01. The van der Waals surface area contributed by atoms with E-state index < -0.39 is 27.7 Å². The number of carboxylic acids is 1. The van der Waals surface area contributed by atoms with Crippen LogP contribution in [0.15, 0.2) is 23.1 Å². The highest BCUT2D eigenvalue weighted by atomic mass is 32.2. The SMILES string of the molecule is Cc1c(F)cccc1S(=O)(=O)N1CC(C(=O)O)CCC1C. The third-order valence-electron chi connectivity index (χ3n) is 3.98. The third-order valence-corrected chi connectivity index (χ3v) is 6.10. The quantitative estimate of drug-likeness (QED) is 0.926. The van der Waals surface area contributed by atoms with Crippen molar-refractivity contribution in [3.05, 3.63) is 29.6 Å². The average molecular weight is 315 g/mol. The maximum absolute atomic E-state index is 13.6. The van der Waals surface area contributed by atoms with Crippen LogP contribution in [0.1, 0.15) is 25.3 Å². The summed E-state index contributed by atoms with van der Waals surface area (Å²) in [4.78, 5) is 11.0. The molecule has 1 saturated heterocycles. The first kappa shape index (κ1) is 15.9. The fraction of sp³-hybridized carbons (Fsp3) is 0.500. The number of rotatable bonds is 3. The molecule has 1 fully saturated rings. The fourth-order valence-corrected chi connectivity index (χ4v) is 4.55. The van der Waals surface area contributed by atoms with Gasteiger partial charge in [-0.1, -0.05) is 6.07 Å². The number of benzene rings is 1. The van der Waals surface area contributed by atoms with Gasteiger partial charge in [0.25, 0.3) is 0 Å². The fourth-order valence-electron chi connectivity index (χ4n) is 2.60. The van der Waals surface area contributed by atoms with Crippen molar-refractivity contribution in [3.8, 4) is 0 Å². The van der Waals surface area contributed by atoms with Gasteiger partial charge < -0.3 is 5.11 Å². The molecule has 21 heavy (non-hydrogen) atoms. The summed E-state index contributed by atoms with van der Waals surface area (Å²) in [6, 6.07) is 3.60. The molecule has 0 aliphatic carbocycles. The van der Waals surface area contributed by atoms with Crippen LogP contribution in [0, 0.1) is 18.7 Å². The highest BCUT2D eigenvalue weighted by molar-refractivity contribution is 7.89. The second-order valence-electron chi connectivity index (χ2n) is 5.40. The molecule has 0 aromatic heterocycles. The number of carbonyl (C=O) groups is 1. The van der Waals surface area contributed by atoms with Gasteiger partial charge in [-0.25, -0.2) is 12.8 Å². The molecule has 2 atom stereocenters. The molecule has 7 heteroatoms. The Morgan fingerprint density at radius 2 is 2.05 bits per heavy atom. The van der Waals surface area contributed by atoms with E-state index in [0.717, 1.165) is 0 Å². The Morgan fingerprint density at radius 3 is 2.67 bits per heavy atom. The van der Waals surface area contributed by atoms with Gasteiger partial charge >= 0.3 is 5.97 Å². The summed E-state index contributed by atoms with van der Waals surface area (Å²) in [6.07, 6.45) is 0.926. The van der Waals surface area contributed by atoms with E-state index in [-0.39, 0.29) is 23.0 Å². The van der Waals surface area contributed by atoms with Crippen LogP contribution in [0.25, 0.3) is 0 Å². The largest absolute Gasteiger partial charge is 0.481 e. The van der Waals surface area contributed by atoms with Crippen molar-refractivity contribution in [2.24, 2.45) is 5.92 Å². The van der Waals surface area contributed by atoms with Crippen LogP contribution >= 0.6 is 0 Å². The molecule has 0 saturated carbocycles. The first-order valence-electron chi connectivity index (χ1n) is 6.75. The van der Waals surface area contributed by atoms with Gasteiger partial charge in [0.2, 0.25) is 10.0 Å². The third kappa shape index (κ3) is 2.94. The molecule has 116 valence electrons. The lowest BCUT2D eigenvalue weighted by molar-refractivity contribution is -0.143. The minimum atomic E-state index is -3.90. The van der Waals surface area contributed by atoms with E-state index in [0.29, 0.717) is 12.8 Å². The molecule has 0 spiro atoms. The Bertz CT molecular complexity index is 659. The van der Waals surface area contributed by atoms with Crippen molar-refractivity contribution in [2.45, 2.75) is 37.6 Å². The second kappa shape index (κ2) is 5.73. The number of hydrogen-bond acceptors (Lipinski definition) is 3. The second-order valence-corrected chi connectivity index (χ2v) is 7.26. The number of hydrogen-bond donors (Lipinski definition) is 1. The molecule has 2 rings (SSSR count). The highest BCUT2D eigenvalue weighted by Crippen LogP contribution is 2.30. The molecular weight excluding hydrogens is 297 g/mol. The number of aliphatic carboxylic acids is 1. The lowest BCUT2D eigenvalue weighted by atomic mass is 9.96. The first-order valence-corrected chi connectivity index (χ1v) is 8.19. The van der Waals surface area contributed by atoms with E-state index in [2.05, 4.69) is 0 Å². The Labute approximate surface area is 123 Å². The summed E-state index contributed by atoms with van der Waals surface area (Å²) < 4.78 is 40.2. The maximum atomic E-state index is 13.6. The molecule has 5 nitrogen and oxygen atoms in total.